The Bertz CT molecular complexity index is 723. The molecule has 3 rings (SSSR count). The number of hydrogen-bond donors (Lipinski definition) is 2. The number of nitrogen functional groups attached to an aromatic ring is 1. The minimum absolute atomic E-state index is 0.0324. The number of nitrogens with one attached hydrogen (secondary N) is 1. The van der Waals surface area contributed by atoms with Crippen molar-refractivity contribution in [2.24, 2.45) is 0 Å². The molecule has 3 N–H and O–H groups in total. The lowest BCUT2D eigenvalue weighted by molar-refractivity contribution is -0.116. The number of nitrogens with two attached hydrogens (primary N) is 1. The maximum atomic E-state index is 11.5. The van der Waals surface area contributed by atoms with E-state index in [0.29, 0.717) is 17.9 Å². The SMILES string of the molecule is Cc1cccc(Oc2cc3c(cc2N)CCC(=O)N3)c1C. The predicted octanol–water partition coefficient (Wildman–Crippen LogP) is 3.56. The van der Waals surface area contributed by atoms with Crippen molar-refractivity contribution in [3.05, 3.63) is 47.0 Å². The molecule has 0 unspecified atom stereocenters. The molecule has 0 bridgehead atoms. The number of carbonyl (C=O) groups excluding carboxylic acids is 1. The summed E-state index contributed by atoms with van der Waals surface area (Å²) in [5.41, 5.74) is 10.8. The van der Waals surface area contributed by atoms with Crippen molar-refractivity contribution in [3.63, 3.8) is 0 Å². The number of rotatable bonds is 2. The number of amides is 1. The molecule has 0 saturated heterocycles. The molecule has 4 heteroatoms. The zero-order valence-corrected chi connectivity index (χ0v) is 12.2. The topological polar surface area (TPSA) is 64.3 Å². The summed E-state index contributed by atoms with van der Waals surface area (Å²) in [5, 5.41) is 2.86. The second-order valence-corrected chi connectivity index (χ2v) is 5.40. The Morgan fingerprint density at radius 1 is 1.14 bits per heavy atom. The van der Waals surface area contributed by atoms with Gasteiger partial charge in [0.05, 0.1) is 5.69 Å². The van der Waals surface area contributed by atoms with Crippen LogP contribution in [0.15, 0.2) is 30.3 Å². The molecule has 0 aromatic heterocycles. The van der Waals surface area contributed by atoms with Gasteiger partial charge in [0, 0.05) is 18.2 Å². The van der Waals surface area contributed by atoms with E-state index in [9.17, 15) is 4.79 Å². The summed E-state index contributed by atoms with van der Waals surface area (Å²) in [5.74, 6) is 1.39. The first kappa shape index (κ1) is 13.5. The van der Waals surface area contributed by atoms with E-state index in [1.165, 1.54) is 0 Å². The molecule has 0 fully saturated rings. The average molecular weight is 282 g/mol. The number of carbonyl (C=O) groups is 1. The van der Waals surface area contributed by atoms with Crippen LogP contribution in [0.4, 0.5) is 11.4 Å². The molecule has 0 spiro atoms. The first-order valence-corrected chi connectivity index (χ1v) is 7.01. The summed E-state index contributed by atoms with van der Waals surface area (Å²) in [6.45, 7) is 4.06. The first-order chi connectivity index (χ1) is 10.0. The van der Waals surface area contributed by atoms with Crippen molar-refractivity contribution in [2.75, 3.05) is 11.1 Å². The van der Waals surface area contributed by atoms with Gasteiger partial charge < -0.3 is 15.8 Å². The second kappa shape index (κ2) is 5.13. The Morgan fingerprint density at radius 2 is 1.95 bits per heavy atom. The smallest absolute Gasteiger partial charge is 0.224 e. The number of ether oxygens (including phenoxy) is 1. The predicted molar refractivity (Wildman–Crippen MR) is 83.8 cm³/mol. The van der Waals surface area contributed by atoms with Gasteiger partial charge >= 0.3 is 0 Å². The van der Waals surface area contributed by atoms with Gasteiger partial charge in [-0.1, -0.05) is 12.1 Å². The Morgan fingerprint density at radius 3 is 2.76 bits per heavy atom. The Balaban J connectivity index is 1.97. The van der Waals surface area contributed by atoms with Gasteiger partial charge in [0.1, 0.15) is 5.75 Å². The molecule has 0 saturated carbocycles. The molecule has 0 aliphatic carbocycles. The van der Waals surface area contributed by atoms with Crippen molar-refractivity contribution in [1.29, 1.82) is 0 Å². The monoisotopic (exact) mass is 282 g/mol. The van der Waals surface area contributed by atoms with Crippen molar-refractivity contribution in [3.8, 4) is 11.5 Å². The maximum absolute atomic E-state index is 11.5. The Hall–Kier alpha value is -2.49. The van der Waals surface area contributed by atoms with E-state index in [1.807, 2.05) is 44.2 Å². The van der Waals surface area contributed by atoms with Gasteiger partial charge in [-0.05, 0) is 49.1 Å². The van der Waals surface area contributed by atoms with Gasteiger partial charge in [0.25, 0.3) is 0 Å². The average Bonchev–Trinajstić information content (AvgIpc) is 2.45. The summed E-state index contributed by atoms with van der Waals surface area (Å²) < 4.78 is 5.95. The maximum Gasteiger partial charge on any atom is 0.224 e. The number of aryl methyl sites for hydroxylation is 2. The lowest BCUT2D eigenvalue weighted by atomic mass is 10.0. The molecule has 4 nitrogen and oxygen atoms in total. The fraction of sp³-hybridized carbons (Fsp3) is 0.235. The van der Waals surface area contributed by atoms with Gasteiger partial charge in [0.2, 0.25) is 5.91 Å². The highest BCUT2D eigenvalue weighted by atomic mass is 16.5. The largest absolute Gasteiger partial charge is 0.455 e. The fourth-order valence-electron chi connectivity index (χ4n) is 2.47. The van der Waals surface area contributed by atoms with Crippen molar-refractivity contribution < 1.29 is 9.53 Å². The van der Waals surface area contributed by atoms with Gasteiger partial charge in [-0.2, -0.15) is 0 Å². The molecule has 1 aliphatic heterocycles. The van der Waals surface area contributed by atoms with Crippen LogP contribution in [0.25, 0.3) is 0 Å². The van der Waals surface area contributed by atoms with E-state index >= 15 is 0 Å². The van der Waals surface area contributed by atoms with Gasteiger partial charge in [-0.25, -0.2) is 0 Å². The Labute approximate surface area is 123 Å². The van der Waals surface area contributed by atoms with E-state index < -0.39 is 0 Å². The molecular weight excluding hydrogens is 264 g/mol. The van der Waals surface area contributed by atoms with Crippen LogP contribution in [0.3, 0.4) is 0 Å². The second-order valence-electron chi connectivity index (χ2n) is 5.40. The minimum Gasteiger partial charge on any atom is -0.455 e. The highest BCUT2D eigenvalue weighted by Crippen LogP contribution is 2.36. The normalized spacial score (nSPS) is 13.5. The van der Waals surface area contributed by atoms with E-state index in [1.54, 1.807) is 0 Å². The molecular formula is C17H18N2O2. The van der Waals surface area contributed by atoms with E-state index in [0.717, 1.165) is 34.5 Å². The highest BCUT2D eigenvalue weighted by Gasteiger charge is 2.17. The third kappa shape index (κ3) is 2.57. The van der Waals surface area contributed by atoms with E-state index in [4.69, 9.17) is 10.5 Å². The lowest BCUT2D eigenvalue weighted by Crippen LogP contribution is -2.19. The van der Waals surface area contributed by atoms with Crippen LogP contribution < -0.4 is 15.8 Å². The fourth-order valence-corrected chi connectivity index (χ4v) is 2.47. The van der Waals surface area contributed by atoms with Crippen LogP contribution in [0, 0.1) is 13.8 Å². The van der Waals surface area contributed by atoms with Gasteiger partial charge in [0.15, 0.2) is 5.75 Å². The summed E-state index contributed by atoms with van der Waals surface area (Å²) in [4.78, 5) is 11.5. The standard InChI is InChI=1S/C17H18N2O2/c1-10-4-3-5-15(11(10)2)21-16-9-14-12(8-13(16)18)6-7-17(20)19-14/h3-5,8-9H,6-7,18H2,1-2H3,(H,19,20). The number of hydrogen-bond acceptors (Lipinski definition) is 3. The zero-order valence-electron chi connectivity index (χ0n) is 12.2. The van der Waals surface area contributed by atoms with Gasteiger partial charge in [-0.3, -0.25) is 4.79 Å². The molecule has 2 aromatic rings. The van der Waals surface area contributed by atoms with Crippen LogP contribution in [0.2, 0.25) is 0 Å². The molecule has 1 heterocycles. The van der Waals surface area contributed by atoms with Crippen LogP contribution >= 0.6 is 0 Å². The first-order valence-electron chi connectivity index (χ1n) is 7.01. The van der Waals surface area contributed by atoms with E-state index in [-0.39, 0.29) is 5.91 Å². The van der Waals surface area contributed by atoms with Crippen LogP contribution in [0.5, 0.6) is 11.5 Å². The summed E-state index contributed by atoms with van der Waals surface area (Å²) in [6.07, 6.45) is 1.22. The van der Waals surface area contributed by atoms with Crippen LogP contribution in [-0.4, -0.2) is 5.91 Å². The third-order valence-electron chi connectivity index (χ3n) is 3.91. The third-order valence-corrected chi connectivity index (χ3v) is 3.91. The number of anilines is 2. The zero-order chi connectivity index (χ0) is 15.0. The van der Waals surface area contributed by atoms with Gasteiger partial charge in [-0.15, -0.1) is 0 Å². The summed E-state index contributed by atoms with van der Waals surface area (Å²) in [7, 11) is 0. The quantitative estimate of drug-likeness (QED) is 0.828. The molecule has 0 atom stereocenters. The summed E-state index contributed by atoms with van der Waals surface area (Å²) in [6, 6.07) is 9.60. The lowest BCUT2D eigenvalue weighted by Gasteiger charge is -2.20. The van der Waals surface area contributed by atoms with Crippen molar-refractivity contribution in [1.82, 2.24) is 0 Å². The van der Waals surface area contributed by atoms with Crippen LogP contribution in [0.1, 0.15) is 23.1 Å². The number of fused-ring (bicyclic) bond motifs is 1. The minimum atomic E-state index is 0.0324. The Kier molecular flexibility index (Phi) is 3.29. The number of benzene rings is 2. The molecule has 1 amide bonds. The van der Waals surface area contributed by atoms with Crippen molar-refractivity contribution in [2.45, 2.75) is 26.7 Å². The highest BCUT2D eigenvalue weighted by molar-refractivity contribution is 5.94. The molecule has 2 aromatic carbocycles. The molecule has 1 aliphatic rings. The van der Waals surface area contributed by atoms with Crippen molar-refractivity contribution >= 4 is 17.3 Å². The van der Waals surface area contributed by atoms with Crippen LogP contribution in [-0.2, 0) is 11.2 Å². The molecule has 0 radical (unpaired) electrons. The molecule has 21 heavy (non-hydrogen) atoms. The van der Waals surface area contributed by atoms with E-state index in [2.05, 4.69) is 5.32 Å². The summed E-state index contributed by atoms with van der Waals surface area (Å²) >= 11 is 0. The molecule has 108 valence electrons.